The van der Waals surface area contributed by atoms with E-state index in [1.165, 1.54) is 6.07 Å². The molecule has 1 rings (SSSR count). The molecule has 0 spiro atoms. The summed E-state index contributed by atoms with van der Waals surface area (Å²) in [6.07, 6.45) is -0.702. The van der Waals surface area contributed by atoms with Crippen molar-refractivity contribution < 1.29 is 5.11 Å². The van der Waals surface area contributed by atoms with E-state index in [-0.39, 0.29) is 0 Å². The molecule has 2 atom stereocenters. The zero-order valence-electron chi connectivity index (χ0n) is 7.67. The zero-order valence-corrected chi connectivity index (χ0v) is 9.18. The highest BCUT2D eigenvalue weighted by molar-refractivity contribution is 6.36. The molecule has 0 aliphatic carbocycles. The van der Waals surface area contributed by atoms with Gasteiger partial charge in [0.2, 0.25) is 0 Å². The monoisotopic (exact) mass is 234 g/mol. The lowest BCUT2D eigenvalue weighted by atomic mass is 10.0. The van der Waals surface area contributed by atoms with Crippen LogP contribution in [-0.4, -0.2) is 11.2 Å². The van der Waals surface area contributed by atoms with Gasteiger partial charge in [-0.05, 0) is 24.6 Å². The number of anilines is 1. The Kier molecular flexibility index (Phi) is 3.61. The number of hydrogen-bond donors (Lipinski definition) is 3. The number of nitrogens with two attached hydrogens (primary N) is 2. The van der Waals surface area contributed by atoms with E-state index in [1.54, 1.807) is 13.0 Å². The molecule has 0 bridgehead atoms. The molecule has 0 saturated heterocycles. The first-order valence-electron chi connectivity index (χ1n) is 4.11. The normalized spacial score (nSPS) is 15.2. The molecule has 0 unspecified atom stereocenters. The smallest absolute Gasteiger partial charge is 0.0705 e. The minimum atomic E-state index is -0.702. The third kappa shape index (κ3) is 2.30. The Morgan fingerprint density at radius 2 is 1.93 bits per heavy atom. The van der Waals surface area contributed by atoms with E-state index < -0.39 is 12.1 Å². The van der Waals surface area contributed by atoms with Crippen LogP contribution in [0, 0.1) is 0 Å². The van der Waals surface area contributed by atoms with Crippen LogP contribution < -0.4 is 11.5 Å². The number of halogens is 2. The number of aliphatic hydroxyl groups is 1. The van der Waals surface area contributed by atoms with E-state index >= 15 is 0 Å². The molecule has 0 aliphatic heterocycles. The second-order valence-corrected chi connectivity index (χ2v) is 4.00. The van der Waals surface area contributed by atoms with E-state index in [9.17, 15) is 5.11 Å². The van der Waals surface area contributed by atoms with Gasteiger partial charge in [0.25, 0.3) is 0 Å². The van der Waals surface area contributed by atoms with E-state index in [0.717, 1.165) is 0 Å². The van der Waals surface area contributed by atoms with Crippen molar-refractivity contribution in [2.45, 2.75) is 19.1 Å². The predicted octanol–water partition coefficient (Wildman–Crippen LogP) is 1.96. The molecule has 78 valence electrons. The maximum Gasteiger partial charge on any atom is 0.0705 e. The molecule has 5 heteroatoms. The minimum Gasteiger partial charge on any atom is -0.397 e. The largest absolute Gasteiger partial charge is 0.397 e. The summed E-state index contributed by atoms with van der Waals surface area (Å²) < 4.78 is 0. The molecule has 0 fully saturated rings. The van der Waals surface area contributed by atoms with Crippen LogP contribution in [0.2, 0.25) is 10.0 Å². The Hall–Kier alpha value is -0.480. The summed E-state index contributed by atoms with van der Waals surface area (Å²) in [5.74, 6) is 0. The first-order valence-corrected chi connectivity index (χ1v) is 4.87. The zero-order chi connectivity index (χ0) is 10.9. The maximum atomic E-state index is 9.31. The van der Waals surface area contributed by atoms with Crippen molar-refractivity contribution in [2.75, 3.05) is 5.73 Å². The molecular weight excluding hydrogens is 223 g/mol. The van der Waals surface area contributed by atoms with Crippen molar-refractivity contribution >= 4 is 28.9 Å². The first-order chi connectivity index (χ1) is 6.43. The van der Waals surface area contributed by atoms with Crippen molar-refractivity contribution in [1.82, 2.24) is 0 Å². The highest BCUT2D eigenvalue weighted by Crippen LogP contribution is 2.31. The van der Waals surface area contributed by atoms with E-state index in [2.05, 4.69) is 0 Å². The first kappa shape index (κ1) is 11.6. The van der Waals surface area contributed by atoms with Gasteiger partial charge in [-0.25, -0.2) is 0 Å². The van der Waals surface area contributed by atoms with Crippen LogP contribution in [0.25, 0.3) is 0 Å². The number of nitrogen functional groups attached to an aromatic ring is 1. The number of aliphatic hydroxyl groups excluding tert-OH is 1. The van der Waals surface area contributed by atoms with Crippen LogP contribution in [0.4, 0.5) is 5.69 Å². The summed E-state index contributed by atoms with van der Waals surface area (Å²) in [5.41, 5.74) is 12.4. The second kappa shape index (κ2) is 4.36. The fourth-order valence-corrected chi connectivity index (χ4v) is 1.65. The third-order valence-corrected chi connectivity index (χ3v) is 2.54. The van der Waals surface area contributed by atoms with Crippen molar-refractivity contribution in [3.63, 3.8) is 0 Å². The molecule has 5 N–H and O–H groups in total. The fraction of sp³-hybridized carbons (Fsp3) is 0.333. The topological polar surface area (TPSA) is 72.3 Å². The van der Waals surface area contributed by atoms with Crippen LogP contribution in [0.1, 0.15) is 18.5 Å². The molecule has 0 radical (unpaired) electrons. The molecule has 0 amide bonds. The van der Waals surface area contributed by atoms with Crippen LogP contribution in [0.3, 0.4) is 0 Å². The highest BCUT2D eigenvalue weighted by Gasteiger charge is 2.17. The van der Waals surface area contributed by atoms with Gasteiger partial charge in [-0.2, -0.15) is 0 Å². The molecule has 3 nitrogen and oxygen atoms in total. The number of benzene rings is 1. The molecule has 0 saturated carbocycles. The summed E-state index contributed by atoms with van der Waals surface area (Å²) >= 11 is 11.6. The second-order valence-electron chi connectivity index (χ2n) is 3.16. The summed E-state index contributed by atoms with van der Waals surface area (Å²) in [6, 6.07) is 2.57. The summed E-state index contributed by atoms with van der Waals surface area (Å²) in [4.78, 5) is 0. The molecule has 1 aromatic carbocycles. The van der Waals surface area contributed by atoms with Gasteiger partial charge in [-0.15, -0.1) is 0 Å². The van der Waals surface area contributed by atoms with Crippen molar-refractivity contribution in [3.8, 4) is 0 Å². The number of rotatable bonds is 2. The highest BCUT2D eigenvalue weighted by atomic mass is 35.5. The maximum absolute atomic E-state index is 9.31. The van der Waals surface area contributed by atoms with Crippen molar-refractivity contribution in [1.29, 1.82) is 0 Å². The Morgan fingerprint density at radius 3 is 2.43 bits per heavy atom. The summed E-state index contributed by atoms with van der Waals surface area (Å²) in [6.45, 7) is 1.58. The fourth-order valence-electron chi connectivity index (χ4n) is 1.14. The van der Waals surface area contributed by atoms with E-state index in [1.807, 2.05) is 0 Å². The van der Waals surface area contributed by atoms with Gasteiger partial charge in [-0.3, -0.25) is 0 Å². The van der Waals surface area contributed by atoms with Gasteiger partial charge in [0, 0.05) is 5.02 Å². The summed E-state index contributed by atoms with van der Waals surface area (Å²) in [5, 5.41) is 10.1. The SMILES string of the molecule is C[C@H](O)[C@@H](N)c1cc(Cl)cc(Cl)c1N. The van der Waals surface area contributed by atoms with Crippen molar-refractivity contribution in [2.24, 2.45) is 5.73 Å². The van der Waals surface area contributed by atoms with E-state index in [0.29, 0.717) is 21.3 Å². The third-order valence-electron chi connectivity index (χ3n) is 2.01. The van der Waals surface area contributed by atoms with E-state index in [4.69, 9.17) is 34.7 Å². The van der Waals surface area contributed by atoms with Gasteiger partial charge < -0.3 is 16.6 Å². The van der Waals surface area contributed by atoms with Gasteiger partial charge in [0.05, 0.1) is 22.9 Å². The predicted molar refractivity (Wildman–Crippen MR) is 59.5 cm³/mol. The van der Waals surface area contributed by atoms with Crippen LogP contribution in [-0.2, 0) is 0 Å². The Labute approximate surface area is 92.6 Å². The molecule has 1 aromatic rings. The lowest BCUT2D eigenvalue weighted by Crippen LogP contribution is -2.24. The molecule has 0 aliphatic rings. The molecule has 0 heterocycles. The lowest BCUT2D eigenvalue weighted by Gasteiger charge is -2.18. The average Bonchev–Trinajstić information content (AvgIpc) is 2.09. The number of hydrogen-bond acceptors (Lipinski definition) is 3. The lowest BCUT2D eigenvalue weighted by molar-refractivity contribution is 0.164. The van der Waals surface area contributed by atoms with Crippen LogP contribution in [0.5, 0.6) is 0 Å². The molecule has 0 aromatic heterocycles. The molecule has 14 heavy (non-hydrogen) atoms. The standard InChI is InChI=1S/C9H12Cl2N2O/c1-4(14)8(12)6-2-5(10)3-7(11)9(6)13/h2-4,8,14H,12-13H2,1H3/t4-,8+/m0/s1. The Bertz CT molecular complexity index is 342. The minimum absolute atomic E-state index is 0.351. The average molecular weight is 235 g/mol. The van der Waals surface area contributed by atoms with Crippen molar-refractivity contribution in [3.05, 3.63) is 27.7 Å². The van der Waals surface area contributed by atoms with Gasteiger partial charge >= 0.3 is 0 Å². The molecular formula is C9H12Cl2N2O. The van der Waals surface area contributed by atoms with Crippen LogP contribution >= 0.6 is 23.2 Å². The quantitative estimate of drug-likeness (QED) is 0.686. The van der Waals surface area contributed by atoms with Gasteiger partial charge in [-0.1, -0.05) is 23.2 Å². The van der Waals surface area contributed by atoms with Gasteiger partial charge in [0.1, 0.15) is 0 Å². The van der Waals surface area contributed by atoms with Gasteiger partial charge in [0.15, 0.2) is 0 Å². The summed E-state index contributed by atoms with van der Waals surface area (Å²) in [7, 11) is 0. The van der Waals surface area contributed by atoms with Crippen LogP contribution in [0.15, 0.2) is 12.1 Å². The Balaban J connectivity index is 3.20. The Morgan fingerprint density at radius 1 is 1.36 bits per heavy atom.